The molecule has 0 spiro atoms. The van der Waals surface area contributed by atoms with Gasteiger partial charge in [-0.3, -0.25) is 19.1 Å². The largest absolute Gasteiger partial charge is 0.397 e. The van der Waals surface area contributed by atoms with Crippen LogP contribution in [-0.4, -0.2) is 64.0 Å². The summed E-state index contributed by atoms with van der Waals surface area (Å²) >= 11 is 12.4. The average Bonchev–Trinajstić information content (AvgIpc) is 3.11. The number of amides is 2. The molecule has 6 rings (SSSR count). The van der Waals surface area contributed by atoms with E-state index in [2.05, 4.69) is 16.5 Å². The third-order valence-electron chi connectivity index (χ3n) is 8.57. The van der Waals surface area contributed by atoms with Crippen LogP contribution in [0.25, 0.3) is 27.7 Å². The Morgan fingerprint density at radius 3 is 2.52 bits per heavy atom. The Balaban J connectivity index is 1.80. The lowest BCUT2D eigenvalue weighted by Gasteiger charge is -2.40. The van der Waals surface area contributed by atoms with Crippen molar-refractivity contribution in [2.24, 2.45) is 0 Å². The van der Waals surface area contributed by atoms with E-state index in [4.69, 9.17) is 28.9 Å². The molecule has 0 aliphatic carbocycles. The number of nitrogens with zero attached hydrogens (tertiary/aromatic N) is 6. The van der Waals surface area contributed by atoms with E-state index in [0.29, 0.717) is 16.9 Å². The standard InChI is InChI=1S/C32H29Cl2F2N7O3/c1-6-21(44)41-9-10-42-20(13-41)31(45)40(5)29-23-19(11-16(24(29)35)22-25(36)17(33)12-18(34)26(22)37)43(32(46)39-30(23)42)28-15(4)7-8-38-27(28)14(2)3/h6-8,11-12,14,20H,1,9-10,13,37H2,2-5H3. The number of carbonyl (C=O) groups excluding carboxylic acids is 2. The number of hydrogen-bond acceptors (Lipinski definition) is 7. The quantitative estimate of drug-likeness (QED) is 0.180. The van der Waals surface area contributed by atoms with Gasteiger partial charge in [0.25, 0.3) is 5.91 Å². The van der Waals surface area contributed by atoms with Crippen molar-refractivity contribution >= 4 is 63.1 Å². The number of pyridine rings is 1. The van der Waals surface area contributed by atoms with Crippen LogP contribution in [0.15, 0.2) is 41.8 Å². The Morgan fingerprint density at radius 1 is 1.13 bits per heavy atom. The molecular formula is C32H29Cl2F2N7O3. The zero-order chi connectivity index (χ0) is 33.4. The number of halogens is 4. The number of hydrogen-bond donors (Lipinski definition) is 1. The third-order valence-corrected chi connectivity index (χ3v) is 9.16. The van der Waals surface area contributed by atoms with E-state index in [-0.39, 0.29) is 70.1 Å². The van der Waals surface area contributed by atoms with Gasteiger partial charge in [0.05, 0.1) is 50.2 Å². The Kier molecular flexibility index (Phi) is 7.76. The highest BCUT2D eigenvalue weighted by Gasteiger charge is 2.43. The van der Waals surface area contributed by atoms with Crippen LogP contribution in [0.1, 0.15) is 31.0 Å². The first-order valence-electron chi connectivity index (χ1n) is 14.4. The number of rotatable bonds is 4. The molecule has 46 heavy (non-hydrogen) atoms. The molecule has 2 N–H and O–H groups in total. The summed E-state index contributed by atoms with van der Waals surface area (Å²) in [5, 5.41) is -0.378. The zero-order valence-corrected chi connectivity index (χ0v) is 26.9. The summed E-state index contributed by atoms with van der Waals surface area (Å²) in [6, 6.07) is 3.13. The van der Waals surface area contributed by atoms with Gasteiger partial charge >= 0.3 is 5.69 Å². The minimum Gasteiger partial charge on any atom is -0.397 e. The van der Waals surface area contributed by atoms with Gasteiger partial charge in [0.15, 0.2) is 11.6 Å². The summed E-state index contributed by atoms with van der Waals surface area (Å²) in [7, 11) is 1.38. The number of anilines is 3. The SMILES string of the molecule is C=CC(=O)N1CCN2c3nc(=O)n(-c4c(C)ccnc4C(C)C)c4cc(-c5c(N)c(Cl)cc(Cl)c5F)c(F)c(c34)N(C)C(=O)C2C1. The highest BCUT2D eigenvalue weighted by Crippen LogP contribution is 2.47. The molecule has 0 radical (unpaired) electrons. The Morgan fingerprint density at radius 2 is 1.85 bits per heavy atom. The fourth-order valence-electron chi connectivity index (χ4n) is 6.32. The minimum atomic E-state index is -1.03. The number of likely N-dealkylation sites (N-methyl/N-ethyl adjacent to an activating group) is 1. The van der Waals surface area contributed by atoms with Gasteiger partial charge in [0, 0.05) is 37.5 Å². The third kappa shape index (κ3) is 4.61. The molecule has 2 aliphatic heterocycles. The van der Waals surface area contributed by atoms with Crippen LogP contribution in [0.5, 0.6) is 0 Å². The minimum absolute atomic E-state index is 0.0512. The van der Waals surface area contributed by atoms with Crippen LogP contribution in [0.2, 0.25) is 10.0 Å². The molecule has 1 unspecified atom stereocenters. The number of fused-ring (bicyclic) bond motifs is 2. The van der Waals surface area contributed by atoms with Crippen molar-refractivity contribution in [2.45, 2.75) is 32.7 Å². The van der Waals surface area contributed by atoms with Crippen molar-refractivity contribution in [3.8, 4) is 16.8 Å². The maximum atomic E-state index is 17.1. The van der Waals surface area contributed by atoms with Gasteiger partial charge in [0.1, 0.15) is 11.9 Å². The van der Waals surface area contributed by atoms with Crippen LogP contribution >= 0.6 is 23.2 Å². The summed E-state index contributed by atoms with van der Waals surface area (Å²) in [6.45, 7) is 9.42. The molecule has 0 bridgehead atoms. The van der Waals surface area contributed by atoms with Gasteiger partial charge in [-0.2, -0.15) is 4.98 Å². The molecule has 2 amide bonds. The van der Waals surface area contributed by atoms with E-state index in [1.54, 1.807) is 24.1 Å². The van der Waals surface area contributed by atoms with Crippen molar-refractivity contribution < 1.29 is 18.4 Å². The summed E-state index contributed by atoms with van der Waals surface area (Å²) in [5.41, 5.74) is 5.93. The number of piperazine rings is 1. The molecule has 0 saturated carbocycles. The maximum Gasteiger partial charge on any atom is 0.354 e. The van der Waals surface area contributed by atoms with Crippen molar-refractivity contribution in [3.63, 3.8) is 0 Å². The fourth-order valence-corrected chi connectivity index (χ4v) is 6.78. The van der Waals surface area contributed by atoms with Gasteiger partial charge in [-0.25, -0.2) is 13.6 Å². The highest BCUT2D eigenvalue weighted by atomic mass is 35.5. The fraction of sp³-hybridized carbons (Fsp3) is 0.281. The molecule has 2 aromatic heterocycles. The van der Waals surface area contributed by atoms with Gasteiger partial charge in [-0.15, -0.1) is 0 Å². The van der Waals surface area contributed by atoms with Gasteiger partial charge in [-0.05, 0) is 42.7 Å². The average molecular weight is 669 g/mol. The van der Waals surface area contributed by atoms with Crippen molar-refractivity contribution in [1.82, 2.24) is 19.4 Å². The van der Waals surface area contributed by atoms with E-state index in [1.807, 2.05) is 13.8 Å². The summed E-state index contributed by atoms with van der Waals surface area (Å²) in [5.74, 6) is -3.08. The van der Waals surface area contributed by atoms with Crippen LogP contribution in [0.3, 0.4) is 0 Å². The van der Waals surface area contributed by atoms with Gasteiger partial charge in [0.2, 0.25) is 5.91 Å². The zero-order valence-electron chi connectivity index (χ0n) is 25.4. The first-order valence-corrected chi connectivity index (χ1v) is 15.2. The first-order chi connectivity index (χ1) is 21.8. The first kappa shape index (κ1) is 31.4. The molecule has 238 valence electrons. The van der Waals surface area contributed by atoms with Crippen molar-refractivity contribution in [2.75, 3.05) is 42.2 Å². The molecule has 1 saturated heterocycles. The summed E-state index contributed by atoms with van der Waals surface area (Å²) in [4.78, 5) is 54.0. The Bertz CT molecular complexity index is 2040. The lowest BCUT2D eigenvalue weighted by atomic mass is 9.97. The van der Waals surface area contributed by atoms with E-state index in [1.165, 1.54) is 22.6 Å². The normalized spacial score (nSPS) is 16.2. The van der Waals surface area contributed by atoms with Crippen LogP contribution < -0.4 is 21.2 Å². The monoisotopic (exact) mass is 667 g/mol. The van der Waals surface area contributed by atoms with Gasteiger partial charge in [-0.1, -0.05) is 43.6 Å². The summed E-state index contributed by atoms with van der Waals surface area (Å²) < 4.78 is 34.1. The molecule has 1 atom stereocenters. The number of aryl methyl sites for hydroxylation is 1. The smallest absolute Gasteiger partial charge is 0.354 e. The van der Waals surface area contributed by atoms with E-state index < -0.39 is 39.9 Å². The van der Waals surface area contributed by atoms with Crippen LogP contribution in [0, 0.1) is 18.6 Å². The Labute approximate surface area is 272 Å². The second-order valence-electron chi connectivity index (χ2n) is 11.6. The number of benzene rings is 2. The lowest BCUT2D eigenvalue weighted by Crippen LogP contribution is -2.60. The van der Waals surface area contributed by atoms with Crippen molar-refractivity contribution in [1.29, 1.82) is 0 Å². The number of nitrogens with two attached hydrogens (primary N) is 1. The second kappa shape index (κ2) is 11.4. The molecular weight excluding hydrogens is 639 g/mol. The van der Waals surface area contributed by atoms with Crippen LogP contribution in [0.4, 0.5) is 26.0 Å². The van der Waals surface area contributed by atoms with Crippen molar-refractivity contribution in [3.05, 3.63) is 80.5 Å². The predicted octanol–water partition coefficient (Wildman–Crippen LogP) is 5.23. The highest BCUT2D eigenvalue weighted by molar-refractivity contribution is 6.37. The van der Waals surface area contributed by atoms with E-state index in [0.717, 1.165) is 17.0 Å². The second-order valence-corrected chi connectivity index (χ2v) is 12.4. The number of aromatic nitrogens is 3. The number of nitrogen functional groups attached to an aromatic ring is 1. The number of carbonyl (C=O) groups is 2. The van der Waals surface area contributed by atoms with E-state index >= 15 is 8.78 Å². The molecule has 2 aromatic carbocycles. The maximum absolute atomic E-state index is 17.1. The molecule has 10 nitrogen and oxygen atoms in total. The molecule has 1 fully saturated rings. The topological polar surface area (TPSA) is 118 Å². The van der Waals surface area contributed by atoms with Gasteiger partial charge < -0.3 is 20.4 Å². The molecule has 14 heteroatoms. The summed E-state index contributed by atoms with van der Waals surface area (Å²) in [6.07, 6.45) is 2.77. The molecule has 4 aromatic rings. The molecule has 2 aliphatic rings. The predicted molar refractivity (Wildman–Crippen MR) is 175 cm³/mol. The van der Waals surface area contributed by atoms with Crippen LogP contribution in [-0.2, 0) is 9.59 Å². The molecule has 4 heterocycles. The Hall–Kier alpha value is -4.55. The lowest BCUT2D eigenvalue weighted by molar-refractivity contribution is -0.128. The van der Waals surface area contributed by atoms with E-state index in [9.17, 15) is 14.4 Å².